The summed E-state index contributed by atoms with van der Waals surface area (Å²) in [6.45, 7) is 14.3. The number of ether oxygens (including phenoxy) is 3. The Hall–Kier alpha value is -3.97. The number of hydrogen-bond acceptors (Lipinski definition) is 11. The van der Waals surface area contributed by atoms with Crippen LogP contribution in [0.1, 0.15) is 85.7 Å². The van der Waals surface area contributed by atoms with Crippen molar-refractivity contribution < 1.29 is 50.6 Å². The Morgan fingerprint density at radius 3 is 2.09 bits per heavy atom. The standard InChI is InChI=1S/C24H37N7O11S/c1-22(2,3)39-18(32)25-10-14-16-13(15-12-29(14)21(35)31(15)42-43(36,37)38)11-30(28-16)17(26-19(33)40-23(4,5)6)27-20(34)41-24(7,8)9/h11,14-15H,10,12H2,1-9H3,(H,25,32)(H,36,37,38)(H,26,27,33,34)/t14?,15-/m1/s1. The number of carbonyl (C=O) groups is 4. The Morgan fingerprint density at radius 1 is 1.00 bits per heavy atom. The highest BCUT2D eigenvalue weighted by Gasteiger charge is 2.52. The van der Waals surface area contributed by atoms with Gasteiger partial charge in [0.2, 0.25) is 5.96 Å². The number of hydrogen-bond donors (Lipinski definition) is 3. The highest BCUT2D eigenvalue weighted by Crippen LogP contribution is 2.43. The molecule has 2 aliphatic heterocycles. The molecule has 3 rings (SSSR count). The Kier molecular flexibility index (Phi) is 9.05. The fraction of sp³-hybridized carbons (Fsp3) is 0.667. The third kappa shape index (κ3) is 9.26. The molecule has 5 amide bonds. The van der Waals surface area contributed by atoms with E-state index in [1.165, 1.54) is 11.1 Å². The van der Waals surface area contributed by atoms with Gasteiger partial charge in [-0.15, -0.1) is 9.28 Å². The molecule has 0 aliphatic carbocycles. The van der Waals surface area contributed by atoms with E-state index < -0.39 is 69.6 Å². The van der Waals surface area contributed by atoms with Crippen LogP contribution in [0.15, 0.2) is 11.2 Å². The molecule has 3 N–H and O–H groups in total. The summed E-state index contributed by atoms with van der Waals surface area (Å²) in [4.78, 5) is 55.7. The average Bonchev–Trinajstić information content (AvgIpc) is 3.31. The first-order valence-corrected chi connectivity index (χ1v) is 14.4. The maximum Gasteiger partial charge on any atom is 0.437 e. The summed E-state index contributed by atoms with van der Waals surface area (Å²) in [5.74, 6) is -0.448. The van der Waals surface area contributed by atoms with Gasteiger partial charge in [-0.05, 0) is 62.3 Å². The molecule has 1 aromatic rings. The number of nitrogens with one attached hydrogen (secondary N) is 2. The zero-order valence-electron chi connectivity index (χ0n) is 25.3. The van der Waals surface area contributed by atoms with Crippen LogP contribution in [0, 0.1) is 0 Å². The average molecular weight is 632 g/mol. The lowest BCUT2D eigenvalue weighted by molar-refractivity contribution is -0.0317. The molecule has 1 saturated heterocycles. The van der Waals surface area contributed by atoms with Crippen molar-refractivity contribution in [1.82, 2.24) is 30.4 Å². The lowest BCUT2D eigenvalue weighted by Crippen LogP contribution is -2.43. The molecule has 43 heavy (non-hydrogen) atoms. The molecule has 2 aliphatic rings. The number of alkyl carbamates (subject to hydrolysis) is 2. The Labute approximate surface area is 248 Å². The van der Waals surface area contributed by atoms with Crippen molar-refractivity contribution in [1.29, 1.82) is 0 Å². The first kappa shape index (κ1) is 33.5. The van der Waals surface area contributed by atoms with Crippen LogP contribution < -0.4 is 10.6 Å². The van der Waals surface area contributed by atoms with Crippen LogP contribution in [0.3, 0.4) is 0 Å². The lowest BCUT2D eigenvalue weighted by atomic mass is 9.98. The third-order valence-corrected chi connectivity index (χ3v) is 5.69. The molecule has 3 heterocycles. The van der Waals surface area contributed by atoms with Crippen LogP contribution in [0.2, 0.25) is 0 Å². The van der Waals surface area contributed by atoms with E-state index in [0.29, 0.717) is 5.06 Å². The minimum Gasteiger partial charge on any atom is -0.444 e. The second kappa shape index (κ2) is 11.6. The molecule has 2 atom stereocenters. The monoisotopic (exact) mass is 631 g/mol. The molecule has 1 unspecified atom stereocenters. The zero-order chi connectivity index (χ0) is 32.7. The van der Waals surface area contributed by atoms with Crippen LogP contribution in [-0.4, -0.2) is 92.9 Å². The number of carbonyl (C=O) groups excluding carboxylic acids is 4. The predicted octanol–water partition coefficient (Wildman–Crippen LogP) is 2.64. The number of rotatable bonds is 4. The number of aliphatic imine (C=N–C) groups is 1. The summed E-state index contributed by atoms with van der Waals surface area (Å²) in [5.41, 5.74) is -2.34. The fourth-order valence-electron chi connectivity index (χ4n) is 4.05. The van der Waals surface area contributed by atoms with Crippen molar-refractivity contribution in [2.45, 2.75) is 91.2 Å². The van der Waals surface area contributed by atoms with E-state index in [1.807, 2.05) is 0 Å². The Morgan fingerprint density at radius 2 is 1.56 bits per heavy atom. The highest BCUT2D eigenvalue weighted by molar-refractivity contribution is 7.80. The third-order valence-electron chi connectivity index (χ3n) is 5.34. The molecule has 19 heteroatoms. The minimum absolute atomic E-state index is 0.130. The summed E-state index contributed by atoms with van der Waals surface area (Å²) >= 11 is 0. The molecule has 1 aromatic heterocycles. The van der Waals surface area contributed by atoms with E-state index in [4.69, 9.17) is 14.2 Å². The van der Waals surface area contributed by atoms with Gasteiger partial charge in [0.05, 0.1) is 18.3 Å². The summed E-state index contributed by atoms with van der Waals surface area (Å²) in [5, 5.41) is 9.75. The van der Waals surface area contributed by atoms with Gasteiger partial charge in [-0.1, -0.05) is 0 Å². The summed E-state index contributed by atoms with van der Waals surface area (Å²) < 4.78 is 53.7. The van der Waals surface area contributed by atoms with E-state index in [0.717, 1.165) is 4.68 Å². The van der Waals surface area contributed by atoms with Crippen molar-refractivity contribution in [3.8, 4) is 0 Å². The first-order chi connectivity index (χ1) is 19.4. The quantitative estimate of drug-likeness (QED) is 0.189. The van der Waals surface area contributed by atoms with Gasteiger partial charge in [-0.3, -0.25) is 9.87 Å². The maximum atomic E-state index is 13.1. The molecule has 18 nitrogen and oxygen atoms in total. The number of fused-ring (bicyclic) bond motifs is 4. The molecule has 2 bridgehead atoms. The fourth-order valence-corrected chi connectivity index (χ4v) is 4.42. The number of urea groups is 1. The molecule has 0 saturated carbocycles. The number of nitrogens with zero attached hydrogens (tertiary/aromatic N) is 5. The van der Waals surface area contributed by atoms with E-state index in [-0.39, 0.29) is 24.3 Å². The summed E-state index contributed by atoms with van der Waals surface area (Å²) in [6, 6.07) is -3.05. The van der Waals surface area contributed by atoms with Gasteiger partial charge in [0.1, 0.15) is 22.8 Å². The van der Waals surface area contributed by atoms with Crippen molar-refractivity contribution in [3.63, 3.8) is 0 Å². The van der Waals surface area contributed by atoms with Crippen LogP contribution in [0.5, 0.6) is 0 Å². The van der Waals surface area contributed by atoms with Crippen molar-refractivity contribution >= 4 is 40.7 Å². The normalized spacial score (nSPS) is 19.1. The van der Waals surface area contributed by atoms with Crippen molar-refractivity contribution in [3.05, 3.63) is 17.5 Å². The van der Waals surface area contributed by atoms with E-state index in [9.17, 15) is 32.1 Å². The van der Waals surface area contributed by atoms with Gasteiger partial charge >= 0.3 is 34.7 Å². The van der Waals surface area contributed by atoms with Crippen LogP contribution in [0.4, 0.5) is 19.2 Å². The highest BCUT2D eigenvalue weighted by atomic mass is 32.3. The topological polar surface area (TPSA) is 220 Å². The van der Waals surface area contributed by atoms with Gasteiger partial charge in [0.15, 0.2) is 0 Å². The largest absolute Gasteiger partial charge is 0.444 e. The zero-order valence-corrected chi connectivity index (χ0v) is 26.1. The van der Waals surface area contributed by atoms with Gasteiger partial charge in [0.25, 0.3) is 0 Å². The second-order valence-corrected chi connectivity index (χ2v) is 13.6. The summed E-state index contributed by atoms with van der Waals surface area (Å²) in [7, 11) is -5.12. The van der Waals surface area contributed by atoms with E-state index >= 15 is 0 Å². The molecule has 1 fully saturated rings. The maximum absolute atomic E-state index is 13.1. The first-order valence-electron chi connectivity index (χ1n) is 13.1. The second-order valence-electron chi connectivity index (χ2n) is 12.6. The predicted molar refractivity (Wildman–Crippen MR) is 147 cm³/mol. The van der Waals surface area contributed by atoms with Crippen molar-refractivity contribution in [2.24, 2.45) is 4.99 Å². The lowest BCUT2D eigenvalue weighted by Gasteiger charge is -2.30. The molecule has 240 valence electrons. The molecular weight excluding hydrogens is 594 g/mol. The summed E-state index contributed by atoms with van der Waals surface area (Å²) in [6.07, 6.45) is -1.58. The van der Waals surface area contributed by atoms with Crippen LogP contribution in [0.25, 0.3) is 0 Å². The van der Waals surface area contributed by atoms with Crippen LogP contribution in [-0.2, 0) is 28.9 Å². The van der Waals surface area contributed by atoms with E-state index in [1.54, 1.807) is 62.3 Å². The molecular formula is C24H37N7O11S. The molecule has 0 spiro atoms. The number of hydroxylamine groups is 2. The minimum atomic E-state index is -5.12. The van der Waals surface area contributed by atoms with E-state index in [2.05, 4.69) is 25.0 Å². The molecule has 0 aromatic carbocycles. The van der Waals surface area contributed by atoms with Gasteiger partial charge in [-0.2, -0.15) is 18.6 Å². The SMILES string of the molecule is CC(C)(C)OC(=O)N=C(NC(=O)OC(C)(C)C)n1cc2c(n1)C(CNC(=O)OC(C)(C)C)N1C[C@H]2N(OS(=O)(=O)O)C1=O. The van der Waals surface area contributed by atoms with Gasteiger partial charge < -0.3 is 24.4 Å². The molecule has 0 radical (unpaired) electrons. The smallest absolute Gasteiger partial charge is 0.437 e. The Bertz CT molecular complexity index is 1420. The Balaban J connectivity index is 2.07. The van der Waals surface area contributed by atoms with Crippen molar-refractivity contribution in [2.75, 3.05) is 13.1 Å². The van der Waals surface area contributed by atoms with Gasteiger partial charge in [-0.25, -0.2) is 23.9 Å². The van der Waals surface area contributed by atoms with Crippen LogP contribution >= 0.6 is 0 Å². The number of aromatic nitrogens is 2. The van der Waals surface area contributed by atoms with Gasteiger partial charge in [0, 0.05) is 18.3 Å². The number of amides is 5.